The van der Waals surface area contributed by atoms with Gasteiger partial charge in [0.05, 0.1) is 0 Å². The molecule has 1 N–H and O–H groups in total. The van der Waals surface area contributed by atoms with E-state index in [0.29, 0.717) is 19.0 Å². The number of nitrogens with zero attached hydrogens (tertiary/aromatic N) is 1. The zero-order chi connectivity index (χ0) is 10.8. The highest BCUT2D eigenvalue weighted by atomic mass is 32.2. The fourth-order valence-electron chi connectivity index (χ4n) is 1.37. The van der Waals surface area contributed by atoms with Gasteiger partial charge in [-0.25, -0.2) is 0 Å². The van der Waals surface area contributed by atoms with Gasteiger partial charge >= 0.3 is 0 Å². The fraction of sp³-hybridized carbons (Fsp3) is 1.00. The quantitative estimate of drug-likeness (QED) is 0.767. The minimum Gasteiger partial charge on any atom is -0.199 e. The van der Waals surface area contributed by atoms with Crippen LogP contribution in [0.1, 0.15) is 33.6 Å². The molecule has 1 saturated heterocycles. The topological polar surface area (TPSA) is 49.4 Å². The van der Waals surface area contributed by atoms with Crippen LogP contribution >= 0.6 is 0 Å². The maximum atomic E-state index is 11.8. The molecule has 0 aromatic rings. The SMILES string of the molecule is CC(C)C(C)NS(=O)(=O)N1CCCC1. The van der Waals surface area contributed by atoms with Gasteiger partial charge in [0.1, 0.15) is 0 Å². The van der Waals surface area contributed by atoms with E-state index in [1.54, 1.807) is 0 Å². The zero-order valence-electron chi connectivity index (χ0n) is 9.16. The monoisotopic (exact) mass is 220 g/mol. The summed E-state index contributed by atoms with van der Waals surface area (Å²) in [7, 11) is -3.22. The minimum atomic E-state index is -3.22. The predicted molar refractivity (Wildman–Crippen MR) is 57.2 cm³/mol. The first kappa shape index (κ1) is 11.9. The van der Waals surface area contributed by atoms with Crippen LogP contribution in [-0.2, 0) is 10.2 Å². The summed E-state index contributed by atoms with van der Waals surface area (Å²) >= 11 is 0. The molecule has 0 aliphatic carbocycles. The van der Waals surface area contributed by atoms with Crippen LogP contribution in [0.25, 0.3) is 0 Å². The highest BCUT2D eigenvalue weighted by molar-refractivity contribution is 7.87. The van der Waals surface area contributed by atoms with Crippen molar-refractivity contribution in [2.24, 2.45) is 5.92 Å². The van der Waals surface area contributed by atoms with Crippen molar-refractivity contribution >= 4 is 10.2 Å². The van der Waals surface area contributed by atoms with Crippen molar-refractivity contribution in [1.82, 2.24) is 9.03 Å². The summed E-state index contributed by atoms with van der Waals surface area (Å²) in [4.78, 5) is 0. The smallest absolute Gasteiger partial charge is 0.199 e. The Morgan fingerprint density at radius 1 is 1.14 bits per heavy atom. The molecule has 4 nitrogen and oxygen atoms in total. The molecule has 1 rings (SSSR count). The van der Waals surface area contributed by atoms with Crippen LogP contribution in [0, 0.1) is 5.92 Å². The van der Waals surface area contributed by atoms with Crippen LogP contribution in [-0.4, -0.2) is 31.9 Å². The first-order valence-corrected chi connectivity index (χ1v) is 6.65. The number of hydrogen-bond donors (Lipinski definition) is 1. The molecule has 1 aliphatic heterocycles. The maximum Gasteiger partial charge on any atom is 0.279 e. The molecule has 0 aromatic heterocycles. The van der Waals surface area contributed by atoms with E-state index >= 15 is 0 Å². The summed E-state index contributed by atoms with van der Waals surface area (Å²) in [5.41, 5.74) is 0. The maximum absolute atomic E-state index is 11.8. The molecule has 0 bridgehead atoms. The van der Waals surface area contributed by atoms with Crippen LogP contribution in [0.2, 0.25) is 0 Å². The van der Waals surface area contributed by atoms with Crippen LogP contribution in [0.3, 0.4) is 0 Å². The van der Waals surface area contributed by atoms with Crippen molar-refractivity contribution in [3.8, 4) is 0 Å². The van der Waals surface area contributed by atoms with Gasteiger partial charge in [-0.1, -0.05) is 13.8 Å². The van der Waals surface area contributed by atoms with E-state index in [-0.39, 0.29) is 6.04 Å². The lowest BCUT2D eigenvalue weighted by atomic mass is 10.1. The normalized spacial score (nSPS) is 21.7. The molecular weight excluding hydrogens is 200 g/mol. The molecule has 0 aromatic carbocycles. The highest BCUT2D eigenvalue weighted by Gasteiger charge is 2.26. The van der Waals surface area contributed by atoms with E-state index in [0.717, 1.165) is 12.8 Å². The van der Waals surface area contributed by atoms with Gasteiger partial charge in [0.2, 0.25) is 0 Å². The summed E-state index contributed by atoms with van der Waals surface area (Å²) in [6.45, 7) is 7.26. The fourth-order valence-corrected chi connectivity index (χ4v) is 3.00. The minimum absolute atomic E-state index is 0.000556. The molecular formula is C9H20N2O2S. The Bertz CT molecular complexity index is 269. The number of rotatable bonds is 4. The van der Waals surface area contributed by atoms with Crippen LogP contribution in [0.4, 0.5) is 0 Å². The highest BCUT2D eigenvalue weighted by Crippen LogP contribution is 2.12. The molecule has 1 atom stereocenters. The second-order valence-electron chi connectivity index (χ2n) is 4.26. The summed E-state index contributed by atoms with van der Waals surface area (Å²) in [6.07, 6.45) is 1.97. The third-order valence-electron chi connectivity index (χ3n) is 2.74. The Labute approximate surface area is 86.9 Å². The van der Waals surface area contributed by atoms with Gasteiger partial charge < -0.3 is 0 Å². The van der Waals surface area contributed by atoms with E-state index < -0.39 is 10.2 Å². The Kier molecular flexibility index (Phi) is 3.92. The van der Waals surface area contributed by atoms with Crippen molar-refractivity contribution in [2.45, 2.75) is 39.7 Å². The van der Waals surface area contributed by atoms with Gasteiger partial charge in [0.15, 0.2) is 0 Å². The van der Waals surface area contributed by atoms with E-state index in [1.165, 1.54) is 4.31 Å². The van der Waals surface area contributed by atoms with Crippen LogP contribution in [0.5, 0.6) is 0 Å². The third-order valence-corrected chi connectivity index (χ3v) is 4.45. The van der Waals surface area contributed by atoms with Crippen molar-refractivity contribution < 1.29 is 8.42 Å². The first-order valence-electron chi connectivity index (χ1n) is 5.21. The molecule has 0 radical (unpaired) electrons. The molecule has 0 spiro atoms. The van der Waals surface area contributed by atoms with Gasteiger partial charge in [-0.05, 0) is 25.7 Å². The zero-order valence-corrected chi connectivity index (χ0v) is 9.97. The molecule has 1 aliphatic rings. The molecule has 14 heavy (non-hydrogen) atoms. The van der Waals surface area contributed by atoms with Crippen molar-refractivity contribution in [3.05, 3.63) is 0 Å². The Morgan fingerprint density at radius 2 is 1.64 bits per heavy atom. The summed E-state index contributed by atoms with van der Waals surface area (Å²) < 4.78 is 27.8. The lowest BCUT2D eigenvalue weighted by Crippen LogP contribution is -2.44. The lowest BCUT2D eigenvalue weighted by molar-refractivity contribution is 0.427. The average molecular weight is 220 g/mol. The second-order valence-corrected chi connectivity index (χ2v) is 5.96. The predicted octanol–water partition coefficient (Wildman–Crippen LogP) is 0.961. The molecule has 5 heteroatoms. The van der Waals surface area contributed by atoms with E-state index in [4.69, 9.17) is 0 Å². The summed E-state index contributed by atoms with van der Waals surface area (Å²) in [6, 6.07) is 0.000556. The van der Waals surface area contributed by atoms with E-state index in [1.807, 2.05) is 20.8 Å². The standard InChI is InChI=1S/C9H20N2O2S/c1-8(2)9(3)10-14(12,13)11-6-4-5-7-11/h8-10H,4-7H2,1-3H3. The van der Waals surface area contributed by atoms with Gasteiger partial charge in [-0.15, -0.1) is 0 Å². The van der Waals surface area contributed by atoms with Crippen LogP contribution < -0.4 is 4.72 Å². The first-order chi connectivity index (χ1) is 6.43. The molecule has 0 amide bonds. The van der Waals surface area contributed by atoms with Crippen LogP contribution in [0.15, 0.2) is 0 Å². The van der Waals surface area contributed by atoms with Crippen molar-refractivity contribution in [2.75, 3.05) is 13.1 Å². The Hall–Kier alpha value is -0.130. The summed E-state index contributed by atoms with van der Waals surface area (Å²) in [5, 5.41) is 0. The Morgan fingerprint density at radius 3 is 2.07 bits per heavy atom. The molecule has 1 unspecified atom stereocenters. The van der Waals surface area contributed by atoms with E-state index in [2.05, 4.69) is 4.72 Å². The Balaban J connectivity index is 2.57. The molecule has 84 valence electrons. The van der Waals surface area contributed by atoms with Gasteiger partial charge in [0.25, 0.3) is 10.2 Å². The molecule has 1 heterocycles. The van der Waals surface area contributed by atoms with Gasteiger partial charge in [-0.3, -0.25) is 0 Å². The van der Waals surface area contributed by atoms with Gasteiger partial charge in [-0.2, -0.15) is 17.4 Å². The lowest BCUT2D eigenvalue weighted by Gasteiger charge is -2.22. The average Bonchev–Trinajstić information content (AvgIpc) is 2.54. The summed E-state index contributed by atoms with van der Waals surface area (Å²) in [5.74, 6) is 0.326. The van der Waals surface area contributed by atoms with Crippen molar-refractivity contribution in [1.29, 1.82) is 0 Å². The molecule has 0 saturated carbocycles. The second kappa shape index (κ2) is 4.59. The largest absolute Gasteiger partial charge is 0.279 e. The third kappa shape index (κ3) is 2.93. The van der Waals surface area contributed by atoms with E-state index in [9.17, 15) is 8.42 Å². The van der Waals surface area contributed by atoms with Crippen molar-refractivity contribution in [3.63, 3.8) is 0 Å². The van der Waals surface area contributed by atoms with Gasteiger partial charge in [0, 0.05) is 19.1 Å². The number of nitrogens with one attached hydrogen (secondary N) is 1. The molecule has 1 fully saturated rings. The number of hydrogen-bond acceptors (Lipinski definition) is 2.